The fourth-order valence-electron chi connectivity index (χ4n) is 1.60. The van der Waals surface area contributed by atoms with Gasteiger partial charge in [0.1, 0.15) is 0 Å². The summed E-state index contributed by atoms with van der Waals surface area (Å²) in [5.41, 5.74) is 3.04. The van der Waals surface area contributed by atoms with Crippen molar-refractivity contribution < 1.29 is 5.11 Å². The summed E-state index contributed by atoms with van der Waals surface area (Å²) in [5, 5.41) is 9.29. The smallest absolute Gasteiger partial charge is 0.0760 e. The Morgan fingerprint density at radius 3 is 2.53 bits per heavy atom. The Bertz CT molecular complexity index is 503. The molecule has 1 aromatic rings. The third-order valence-corrected chi connectivity index (χ3v) is 2.71. The molecule has 98 valence electrons. The number of aliphatic hydroxyl groups is 1. The van der Waals surface area contributed by atoms with Gasteiger partial charge in [0.2, 0.25) is 0 Å². The minimum atomic E-state index is -0.0226. The number of terminal acetylenes is 1. The van der Waals surface area contributed by atoms with Crippen LogP contribution in [0.15, 0.2) is 29.8 Å². The SMILES string of the molecule is C#CCCCCC#C/C(=C\c1ccc(C)cc1)CO. The Balaban J connectivity index is 2.56. The Morgan fingerprint density at radius 1 is 1.21 bits per heavy atom. The van der Waals surface area contributed by atoms with Crippen molar-refractivity contribution in [2.75, 3.05) is 6.61 Å². The maximum Gasteiger partial charge on any atom is 0.0760 e. The van der Waals surface area contributed by atoms with Crippen LogP contribution in [0.3, 0.4) is 0 Å². The third-order valence-electron chi connectivity index (χ3n) is 2.71. The molecule has 0 fully saturated rings. The Labute approximate surface area is 116 Å². The van der Waals surface area contributed by atoms with E-state index in [0.29, 0.717) is 0 Å². The predicted molar refractivity (Wildman–Crippen MR) is 81.3 cm³/mol. The summed E-state index contributed by atoms with van der Waals surface area (Å²) < 4.78 is 0. The van der Waals surface area contributed by atoms with E-state index in [1.807, 2.05) is 30.3 Å². The quantitative estimate of drug-likeness (QED) is 0.627. The van der Waals surface area contributed by atoms with Gasteiger partial charge in [-0.25, -0.2) is 0 Å². The fourth-order valence-corrected chi connectivity index (χ4v) is 1.60. The van der Waals surface area contributed by atoms with Crippen molar-refractivity contribution >= 4 is 6.08 Å². The topological polar surface area (TPSA) is 20.2 Å². The first kappa shape index (κ1) is 15.1. The summed E-state index contributed by atoms with van der Waals surface area (Å²) in [7, 11) is 0. The van der Waals surface area contributed by atoms with Gasteiger partial charge < -0.3 is 5.11 Å². The van der Waals surface area contributed by atoms with E-state index in [4.69, 9.17) is 6.42 Å². The standard InChI is InChI=1S/C18H20O/c1-3-4-5-6-7-8-9-18(15-19)14-17-12-10-16(2)11-13-17/h1,10-14,19H,4-7,15H2,2H3/b18-14+. The van der Waals surface area contributed by atoms with Gasteiger partial charge in [0.25, 0.3) is 0 Å². The maximum atomic E-state index is 9.29. The molecule has 0 unspecified atom stereocenters. The number of hydrogen-bond acceptors (Lipinski definition) is 1. The number of hydrogen-bond donors (Lipinski definition) is 1. The summed E-state index contributed by atoms with van der Waals surface area (Å²) in [6.45, 7) is 2.03. The van der Waals surface area contributed by atoms with Gasteiger partial charge in [0, 0.05) is 18.4 Å². The molecule has 0 heterocycles. The van der Waals surface area contributed by atoms with Crippen LogP contribution in [0.2, 0.25) is 0 Å². The lowest BCUT2D eigenvalue weighted by Gasteiger charge is -1.97. The first-order valence-electron chi connectivity index (χ1n) is 6.56. The molecule has 1 heteroatoms. The van der Waals surface area contributed by atoms with Crippen LogP contribution in [0.25, 0.3) is 6.08 Å². The Morgan fingerprint density at radius 2 is 1.89 bits per heavy atom. The highest BCUT2D eigenvalue weighted by Gasteiger charge is 1.92. The van der Waals surface area contributed by atoms with Crippen LogP contribution in [0.5, 0.6) is 0 Å². The second kappa shape index (κ2) is 9.03. The highest BCUT2D eigenvalue weighted by atomic mass is 16.3. The minimum Gasteiger partial charge on any atom is -0.391 e. The van der Waals surface area contributed by atoms with Crippen LogP contribution in [0.1, 0.15) is 36.8 Å². The van der Waals surface area contributed by atoms with Gasteiger partial charge in [0.05, 0.1) is 6.61 Å². The molecule has 19 heavy (non-hydrogen) atoms. The van der Waals surface area contributed by atoms with Crippen molar-refractivity contribution in [3.8, 4) is 24.2 Å². The molecular formula is C18H20O. The normalized spacial score (nSPS) is 10.5. The molecule has 0 aliphatic carbocycles. The molecular weight excluding hydrogens is 232 g/mol. The van der Waals surface area contributed by atoms with Crippen LogP contribution in [-0.4, -0.2) is 11.7 Å². The van der Waals surface area contributed by atoms with Gasteiger partial charge >= 0.3 is 0 Å². The summed E-state index contributed by atoms with van der Waals surface area (Å²) in [4.78, 5) is 0. The lowest BCUT2D eigenvalue weighted by atomic mass is 10.1. The van der Waals surface area contributed by atoms with Gasteiger partial charge in [-0.15, -0.1) is 12.3 Å². The van der Waals surface area contributed by atoms with Crippen molar-refractivity contribution in [2.24, 2.45) is 0 Å². The molecule has 0 saturated heterocycles. The second-order valence-electron chi connectivity index (χ2n) is 4.45. The number of aliphatic hydroxyl groups excluding tert-OH is 1. The summed E-state index contributed by atoms with van der Waals surface area (Å²) in [6, 6.07) is 8.15. The number of aryl methyl sites for hydroxylation is 1. The molecule has 1 aromatic carbocycles. The van der Waals surface area contributed by atoms with Gasteiger partial charge in [-0.05, 0) is 31.4 Å². The largest absolute Gasteiger partial charge is 0.391 e. The lowest BCUT2D eigenvalue weighted by Crippen LogP contribution is -1.87. The van der Waals surface area contributed by atoms with Crippen LogP contribution in [0.4, 0.5) is 0 Å². The molecule has 0 aromatic heterocycles. The van der Waals surface area contributed by atoms with Gasteiger partial charge in [-0.3, -0.25) is 0 Å². The van der Waals surface area contributed by atoms with Crippen LogP contribution < -0.4 is 0 Å². The molecule has 0 spiro atoms. The van der Waals surface area contributed by atoms with Crippen molar-refractivity contribution in [1.82, 2.24) is 0 Å². The molecule has 1 nitrogen and oxygen atoms in total. The van der Waals surface area contributed by atoms with E-state index in [0.717, 1.165) is 36.8 Å². The van der Waals surface area contributed by atoms with Crippen molar-refractivity contribution in [3.05, 3.63) is 41.0 Å². The molecule has 0 aliphatic rings. The summed E-state index contributed by atoms with van der Waals surface area (Å²) in [5.74, 6) is 8.72. The number of rotatable bonds is 5. The highest BCUT2D eigenvalue weighted by Crippen LogP contribution is 2.08. The monoisotopic (exact) mass is 252 g/mol. The molecule has 0 aliphatic heterocycles. The summed E-state index contributed by atoms with van der Waals surface area (Å²) in [6.07, 6.45) is 10.8. The molecule has 1 rings (SSSR count). The van der Waals surface area contributed by atoms with E-state index in [2.05, 4.69) is 24.7 Å². The zero-order chi connectivity index (χ0) is 13.9. The molecule has 0 radical (unpaired) electrons. The number of benzene rings is 1. The molecule has 1 N–H and O–H groups in total. The number of unbranched alkanes of at least 4 members (excludes halogenated alkanes) is 3. The molecule has 0 atom stereocenters. The van der Waals surface area contributed by atoms with Crippen molar-refractivity contribution in [2.45, 2.75) is 32.6 Å². The van der Waals surface area contributed by atoms with E-state index in [-0.39, 0.29) is 6.61 Å². The van der Waals surface area contributed by atoms with Crippen molar-refractivity contribution in [1.29, 1.82) is 0 Å². The van der Waals surface area contributed by atoms with E-state index in [9.17, 15) is 5.11 Å². The molecule has 0 saturated carbocycles. The van der Waals surface area contributed by atoms with Crippen molar-refractivity contribution in [3.63, 3.8) is 0 Å². The average molecular weight is 252 g/mol. The predicted octanol–water partition coefficient (Wildman–Crippen LogP) is 3.57. The zero-order valence-electron chi connectivity index (χ0n) is 11.4. The average Bonchev–Trinajstić information content (AvgIpc) is 2.43. The summed E-state index contributed by atoms with van der Waals surface area (Å²) >= 11 is 0. The van der Waals surface area contributed by atoms with E-state index in [1.54, 1.807) is 0 Å². The Kier molecular flexibility index (Phi) is 7.18. The van der Waals surface area contributed by atoms with Gasteiger partial charge in [-0.2, -0.15) is 0 Å². The van der Waals surface area contributed by atoms with Gasteiger partial charge in [0.15, 0.2) is 0 Å². The van der Waals surface area contributed by atoms with E-state index < -0.39 is 0 Å². The minimum absolute atomic E-state index is 0.0226. The van der Waals surface area contributed by atoms with E-state index in [1.165, 1.54) is 5.56 Å². The highest BCUT2D eigenvalue weighted by molar-refractivity contribution is 5.58. The lowest BCUT2D eigenvalue weighted by molar-refractivity contribution is 0.337. The second-order valence-corrected chi connectivity index (χ2v) is 4.45. The van der Waals surface area contributed by atoms with Crippen LogP contribution in [-0.2, 0) is 0 Å². The van der Waals surface area contributed by atoms with Gasteiger partial charge in [-0.1, -0.05) is 41.7 Å². The first-order valence-corrected chi connectivity index (χ1v) is 6.56. The first-order chi connectivity index (χ1) is 9.26. The zero-order valence-corrected chi connectivity index (χ0v) is 11.4. The molecule has 0 bridgehead atoms. The van der Waals surface area contributed by atoms with E-state index >= 15 is 0 Å². The van der Waals surface area contributed by atoms with Crippen LogP contribution in [0, 0.1) is 31.1 Å². The maximum absolute atomic E-state index is 9.29. The molecule has 0 amide bonds. The fraction of sp³-hybridized carbons (Fsp3) is 0.333. The van der Waals surface area contributed by atoms with Crippen LogP contribution >= 0.6 is 0 Å². The Hall–Kier alpha value is -1.96. The third kappa shape index (κ3) is 6.51.